The van der Waals surface area contributed by atoms with Crippen LogP contribution in [0.4, 0.5) is 0 Å². The van der Waals surface area contributed by atoms with Gasteiger partial charge in [0.25, 0.3) is 11.5 Å². The Kier molecular flexibility index (Phi) is 4.20. The number of furan rings is 1. The first-order chi connectivity index (χ1) is 12.8. The van der Waals surface area contributed by atoms with E-state index in [-0.39, 0.29) is 18.1 Å². The third-order valence-corrected chi connectivity index (χ3v) is 5.92. The molecule has 0 aliphatic carbocycles. The molecular formula is C18H12BrN3O4S. The molecule has 27 heavy (non-hydrogen) atoms. The third-order valence-electron chi connectivity index (χ3n) is 4.21. The van der Waals surface area contributed by atoms with Crippen molar-refractivity contribution in [3.8, 4) is 0 Å². The van der Waals surface area contributed by atoms with Crippen molar-refractivity contribution in [1.82, 2.24) is 9.55 Å². The van der Waals surface area contributed by atoms with Crippen LogP contribution in [0.15, 0.2) is 44.3 Å². The molecule has 0 fully saturated rings. The number of carbonyl (C=O) groups is 2. The van der Waals surface area contributed by atoms with Gasteiger partial charge in [0.2, 0.25) is 5.78 Å². The van der Waals surface area contributed by atoms with Crippen LogP contribution >= 0.6 is 27.3 Å². The van der Waals surface area contributed by atoms with Crippen LogP contribution in [0, 0.1) is 6.92 Å². The second-order valence-electron chi connectivity index (χ2n) is 5.99. The summed E-state index contributed by atoms with van der Waals surface area (Å²) in [6.45, 7) is 1.43. The molecule has 9 heteroatoms. The molecule has 0 saturated heterocycles. The molecule has 0 unspecified atom stereocenters. The summed E-state index contributed by atoms with van der Waals surface area (Å²) in [4.78, 5) is 41.7. The summed E-state index contributed by atoms with van der Waals surface area (Å²) >= 11 is 4.44. The number of Topliss-reactive ketones (excluding diaryl/α,β-unsaturated/α-hetero) is 1. The van der Waals surface area contributed by atoms with Gasteiger partial charge in [-0.15, -0.1) is 11.3 Å². The number of nitrogens with zero attached hydrogens (tertiary/aromatic N) is 2. The van der Waals surface area contributed by atoms with E-state index in [2.05, 4.69) is 20.9 Å². The highest BCUT2D eigenvalue weighted by atomic mass is 79.9. The number of thiophene rings is 1. The summed E-state index contributed by atoms with van der Waals surface area (Å²) in [6.07, 6.45) is 1.29. The van der Waals surface area contributed by atoms with Crippen LogP contribution in [0.5, 0.6) is 0 Å². The van der Waals surface area contributed by atoms with E-state index in [9.17, 15) is 14.4 Å². The van der Waals surface area contributed by atoms with Gasteiger partial charge in [0.15, 0.2) is 5.76 Å². The summed E-state index contributed by atoms with van der Waals surface area (Å²) in [7, 11) is 0. The molecule has 0 aliphatic rings. The van der Waals surface area contributed by atoms with E-state index in [1.165, 1.54) is 10.9 Å². The van der Waals surface area contributed by atoms with E-state index in [0.29, 0.717) is 26.2 Å². The summed E-state index contributed by atoms with van der Waals surface area (Å²) in [5.41, 5.74) is 6.01. The average molecular weight is 446 g/mol. The summed E-state index contributed by atoms with van der Waals surface area (Å²) < 4.78 is 7.66. The quantitative estimate of drug-likeness (QED) is 0.484. The molecule has 1 aromatic carbocycles. The van der Waals surface area contributed by atoms with Gasteiger partial charge in [0.1, 0.15) is 10.4 Å². The maximum atomic E-state index is 12.8. The number of carbonyl (C=O) groups excluding carboxylic acids is 2. The smallest absolute Gasteiger partial charge is 0.262 e. The summed E-state index contributed by atoms with van der Waals surface area (Å²) in [5.74, 6) is -0.797. The monoisotopic (exact) mass is 445 g/mol. The molecule has 0 spiro atoms. The van der Waals surface area contributed by atoms with Crippen LogP contribution in [-0.4, -0.2) is 21.2 Å². The number of primary amides is 1. The van der Waals surface area contributed by atoms with Gasteiger partial charge >= 0.3 is 0 Å². The van der Waals surface area contributed by atoms with Crippen molar-refractivity contribution in [1.29, 1.82) is 0 Å². The molecule has 2 N–H and O–H groups in total. The Bertz CT molecular complexity index is 1300. The fourth-order valence-electron chi connectivity index (χ4n) is 2.89. The van der Waals surface area contributed by atoms with Crippen molar-refractivity contribution in [3.63, 3.8) is 0 Å². The summed E-state index contributed by atoms with van der Waals surface area (Å²) in [5, 5.41) is 1.09. The molecule has 3 aromatic heterocycles. The zero-order valence-electron chi connectivity index (χ0n) is 14.0. The maximum absolute atomic E-state index is 12.8. The van der Waals surface area contributed by atoms with Crippen molar-refractivity contribution < 1.29 is 14.0 Å². The van der Waals surface area contributed by atoms with Gasteiger partial charge in [-0.05, 0) is 36.8 Å². The minimum Gasteiger partial charge on any atom is -0.453 e. The Balaban J connectivity index is 1.72. The van der Waals surface area contributed by atoms with E-state index in [1.54, 1.807) is 19.1 Å². The van der Waals surface area contributed by atoms with Crippen molar-refractivity contribution in [2.45, 2.75) is 13.5 Å². The summed E-state index contributed by atoms with van der Waals surface area (Å²) in [6, 6.07) is 7.06. The number of halogens is 1. The van der Waals surface area contributed by atoms with Gasteiger partial charge in [-0.1, -0.05) is 15.9 Å². The molecule has 0 radical (unpaired) electrons. The Morgan fingerprint density at radius 3 is 2.85 bits per heavy atom. The number of ketones is 1. The first-order valence-electron chi connectivity index (χ1n) is 7.86. The maximum Gasteiger partial charge on any atom is 0.262 e. The first kappa shape index (κ1) is 17.6. The topological polar surface area (TPSA) is 108 Å². The number of fused-ring (bicyclic) bond motifs is 2. The highest BCUT2D eigenvalue weighted by molar-refractivity contribution is 9.10. The van der Waals surface area contributed by atoms with E-state index >= 15 is 0 Å². The molecular weight excluding hydrogens is 434 g/mol. The fourth-order valence-corrected chi connectivity index (χ4v) is 4.26. The SMILES string of the molecule is Cc1c(C(N)=O)sc2ncn(CC(=O)c3cc4cc(Br)ccc4o3)c(=O)c12. The van der Waals surface area contributed by atoms with Crippen LogP contribution < -0.4 is 11.3 Å². The van der Waals surface area contributed by atoms with Crippen molar-refractivity contribution in [2.75, 3.05) is 0 Å². The van der Waals surface area contributed by atoms with Crippen molar-refractivity contribution >= 4 is 60.1 Å². The van der Waals surface area contributed by atoms with Crippen LogP contribution in [0.2, 0.25) is 0 Å². The molecule has 136 valence electrons. The van der Waals surface area contributed by atoms with Crippen LogP contribution in [0.25, 0.3) is 21.2 Å². The highest BCUT2D eigenvalue weighted by Crippen LogP contribution is 2.26. The normalized spacial score (nSPS) is 11.3. The number of aryl methyl sites for hydroxylation is 1. The lowest BCUT2D eigenvalue weighted by Gasteiger charge is -2.03. The minimum absolute atomic E-state index is 0.162. The van der Waals surface area contributed by atoms with Gasteiger partial charge in [0.05, 0.1) is 23.1 Å². The van der Waals surface area contributed by atoms with Gasteiger partial charge < -0.3 is 10.2 Å². The van der Waals surface area contributed by atoms with E-state index in [1.807, 2.05) is 12.1 Å². The van der Waals surface area contributed by atoms with Crippen molar-refractivity contribution in [2.24, 2.45) is 5.73 Å². The van der Waals surface area contributed by atoms with Gasteiger partial charge in [-0.3, -0.25) is 19.0 Å². The Morgan fingerprint density at radius 2 is 2.11 bits per heavy atom. The lowest BCUT2D eigenvalue weighted by atomic mass is 10.2. The lowest BCUT2D eigenvalue weighted by molar-refractivity contribution is 0.0944. The van der Waals surface area contributed by atoms with Crippen LogP contribution in [0.1, 0.15) is 25.8 Å². The predicted molar refractivity (Wildman–Crippen MR) is 105 cm³/mol. The fraction of sp³-hybridized carbons (Fsp3) is 0.111. The molecule has 0 aliphatic heterocycles. The standard InChI is InChI=1S/C18H12BrN3O4S/c1-8-14-17(27-15(8)16(20)24)21-7-22(18(14)25)6-11(23)13-5-9-4-10(19)2-3-12(9)26-13/h2-5,7H,6H2,1H3,(H2,20,24). The molecule has 0 bridgehead atoms. The largest absolute Gasteiger partial charge is 0.453 e. The zero-order chi connectivity index (χ0) is 19.3. The molecule has 0 atom stereocenters. The van der Waals surface area contributed by atoms with E-state index in [4.69, 9.17) is 10.2 Å². The molecule has 0 saturated carbocycles. The van der Waals surface area contributed by atoms with Crippen LogP contribution in [-0.2, 0) is 6.54 Å². The Morgan fingerprint density at radius 1 is 1.33 bits per heavy atom. The minimum atomic E-state index is -0.606. The highest BCUT2D eigenvalue weighted by Gasteiger charge is 2.19. The molecule has 1 amide bonds. The zero-order valence-corrected chi connectivity index (χ0v) is 16.4. The number of hydrogen-bond donors (Lipinski definition) is 1. The van der Waals surface area contributed by atoms with Gasteiger partial charge in [0, 0.05) is 9.86 Å². The number of aromatic nitrogens is 2. The molecule has 3 heterocycles. The van der Waals surface area contributed by atoms with Crippen LogP contribution in [0.3, 0.4) is 0 Å². The van der Waals surface area contributed by atoms with Gasteiger partial charge in [-0.25, -0.2) is 4.98 Å². The second kappa shape index (κ2) is 6.43. The lowest BCUT2D eigenvalue weighted by Crippen LogP contribution is -2.24. The average Bonchev–Trinajstić information content (AvgIpc) is 3.18. The van der Waals surface area contributed by atoms with E-state index in [0.717, 1.165) is 21.2 Å². The van der Waals surface area contributed by atoms with E-state index < -0.39 is 11.5 Å². The predicted octanol–water partition coefficient (Wildman–Crippen LogP) is 3.26. The molecule has 7 nitrogen and oxygen atoms in total. The number of amides is 1. The number of hydrogen-bond acceptors (Lipinski definition) is 6. The number of rotatable bonds is 4. The Hall–Kier alpha value is -2.78. The second-order valence-corrected chi connectivity index (χ2v) is 7.91. The third kappa shape index (κ3) is 2.98. The molecule has 4 rings (SSSR count). The number of benzene rings is 1. The molecule has 4 aromatic rings. The Labute approximate surface area is 164 Å². The van der Waals surface area contributed by atoms with Gasteiger partial charge in [-0.2, -0.15) is 0 Å². The number of nitrogens with two attached hydrogens (primary N) is 1. The first-order valence-corrected chi connectivity index (χ1v) is 9.46. The van der Waals surface area contributed by atoms with Crippen molar-refractivity contribution in [3.05, 3.63) is 61.6 Å².